The Kier molecular flexibility index (Phi) is 14.9. The molecule has 6 nitrogen and oxygen atoms in total. The number of nitrogens with one attached hydrogen (secondary N) is 1. The van der Waals surface area contributed by atoms with E-state index in [9.17, 15) is 15.3 Å². The maximum absolute atomic E-state index is 10.6. The Labute approximate surface area is 208 Å². The first-order chi connectivity index (χ1) is 16.5. The van der Waals surface area contributed by atoms with E-state index in [0.717, 1.165) is 96.0 Å². The van der Waals surface area contributed by atoms with Crippen LogP contribution in [0.3, 0.4) is 0 Å². The van der Waals surface area contributed by atoms with Gasteiger partial charge in [-0.15, -0.1) is 0 Å². The average molecular weight is 480 g/mol. The number of hydrogen-bond acceptors (Lipinski definition) is 6. The zero-order valence-electron chi connectivity index (χ0n) is 21.6. The van der Waals surface area contributed by atoms with Crippen molar-refractivity contribution in [1.29, 1.82) is 0 Å². The number of aliphatic hydroxyl groups is 3. The van der Waals surface area contributed by atoms with E-state index in [4.69, 9.17) is 11.5 Å². The van der Waals surface area contributed by atoms with E-state index in [0.29, 0.717) is 23.9 Å². The van der Waals surface area contributed by atoms with Gasteiger partial charge in [0, 0.05) is 12.8 Å². The fourth-order valence-electron chi connectivity index (χ4n) is 5.59. The summed E-state index contributed by atoms with van der Waals surface area (Å²) in [6, 6.07) is 0. The summed E-state index contributed by atoms with van der Waals surface area (Å²) >= 11 is 0. The molecule has 0 spiro atoms. The molecule has 0 aliphatic heterocycles. The lowest BCUT2D eigenvalue weighted by molar-refractivity contribution is 0.138. The van der Waals surface area contributed by atoms with Crippen molar-refractivity contribution in [2.45, 2.75) is 115 Å². The Hall–Kier alpha value is -1.08. The summed E-state index contributed by atoms with van der Waals surface area (Å²) in [5.74, 6) is 1.78. The molecule has 0 amide bonds. The molecule has 2 rings (SSSR count). The Morgan fingerprint density at radius 2 is 1.26 bits per heavy atom. The molecule has 198 valence electrons. The Balaban J connectivity index is 1.62. The van der Waals surface area contributed by atoms with Gasteiger partial charge in [-0.3, -0.25) is 0 Å². The van der Waals surface area contributed by atoms with Crippen LogP contribution in [0.15, 0.2) is 22.7 Å². The second-order valence-electron chi connectivity index (χ2n) is 10.7. The molecule has 0 saturated heterocycles. The molecule has 3 atom stereocenters. The van der Waals surface area contributed by atoms with Crippen LogP contribution in [0.2, 0.25) is 0 Å². The van der Waals surface area contributed by atoms with E-state index in [2.05, 4.69) is 5.32 Å². The monoisotopic (exact) mass is 479 g/mol. The van der Waals surface area contributed by atoms with Gasteiger partial charge in [0.1, 0.15) is 0 Å². The Morgan fingerprint density at radius 3 is 1.88 bits per heavy atom. The number of aliphatic hydroxyl groups excluding tert-OH is 3. The lowest BCUT2D eigenvalue weighted by atomic mass is 9.83. The van der Waals surface area contributed by atoms with Crippen molar-refractivity contribution >= 4 is 0 Å². The van der Waals surface area contributed by atoms with Crippen molar-refractivity contribution < 1.29 is 15.3 Å². The van der Waals surface area contributed by atoms with Crippen LogP contribution in [0.1, 0.15) is 109 Å². The third-order valence-corrected chi connectivity index (χ3v) is 7.75. The van der Waals surface area contributed by atoms with E-state index in [1.54, 1.807) is 0 Å². The van der Waals surface area contributed by atoms with Gasteiger partial charge in [-0.05, 0) is 107 Å². The van der Waals surface area contributed by atoms with Crippen molar-refractivity contribution in [3.8, 4) is 0 Å². The standard InChI is InChI=1S/C28H53N3O3/c29-15-9-5-1-3-7-11-24-14-13-22(17-26(24)32)20-31-21-23-18-27(33)25(28(34)19-23)12-8-4-2-6-10-16-30/h22-23,27,31-34H,1-21,29-30H2/t22-,23-,27+/m0/s1. The largest absolute Gasteiger partial charge is 0.512 e. The number of nitrogens with two attached hydrogens (primary N) is 2. The highest BCUT2D eigenvalue weighted by atomic mass is 16.3. The van der Waals surface area contributed by atoms with Crippen LogP contribution in [-0.4, -0.2) is 47.6 Å². The van der Waals surface area contributed by atoms with Crippen LogP contribution >= 0.6 is 0 Å². The zero-order chi connectivity index (χ0) is 24.6. The van der Waals surface area contributed by atoms with Crippen LogP contribution in [0, 0.1) is 11.8 Å². The molecule has 0 unspecified atom stereocenters. The second-order valence-corrected chi connectivity index (χ2v) is 10.7. The lowest BCUT2D eigenvalue weighted by Gasteiger charge is -2.30. The van der Waals surface area contributed by atoms with Crippen molar-refractivity contribution in [3.05, 3.63) is 22.7 Å². The molecular weight excluding hydrogens is 426 g/mol. The first kappa shape index (κ1) is 29.2. The second kappa shape index (κ2) is 17.4. The van der Waals surface area contributed by atoms with Crippen molar-refractivity contribution in [3.63, 3.8) is 0 Å². The lowest BCUT2D eigenvalue weighted by Crippen LogP contribution is -2.34. The molecule has 2 aliphatic carbocycles. The third-order valence-electron chi connectivity index (χ3n) is 7.75. The van der Waals surface area contributed by atoms with Crippen molar-refractivity contribution in [1.82, 2.24) is 5.32 Å². The molecule has 0 aromatic heterocycles. The maximum atomic E-state index is 10.6. The predicted molar refractivity (Wildman–Crippen MR) is 142 cm³/mol. The van der Waals surface area contributed by atoms with E-state index in [1.165, 1.54) is 44.1 Å². The molecule has 8 N–H and O–H groups in total. The first-order valence-corrected chi connectivity index (χ1v) is 14.1. The van der Waals surface area contributed by atoms with Crippen molar-refractivity contribution in [2.75, 3.05) is 26.2 Å². The molecule has 0 fully saturated rings. The smallest absolute Gasteiger partial charge is 0.0943 e. The quantitative estimate of drug-likeness (QED) is 0.147. The molecule has 0 saturated carbocycles. The number of hydrogen-bond donors (Lipinski definition) is 6. The summed E-state index contributed by atoms with van der Waals surface area (Å²) in [4.78, 5) is 0. The third kappa shape index (κ3) is 11.1. The van der Waals surface area contributed by atoms with E-state index >= 15 is 0 Å². The molecule has 0 radical (unpaired) electrons. The molecule has 0 aromatic rings. The van der Waals surface area contributed by atoms with Gasteiger partial charge in [0.25, 0.3) is 0 Å². The minimum absolute atomic E-state index is 0.269. The first-order valence-electron chi connectivity index (χ1n) is 14.1. The fraction of sp³-hybridized carbons (Fsp3) is 0.857. The van der Waals surface area contributed by atoms with Crippen LogP contribution < -0.4 is 16.8 Å². The minimum atomic E-state index is -0.510. The molecule has 6 heteroatoms. The summed E-state index contributed by atoms with van der Waals surface area (Å²) in [5, 5.41) is 35.2. The van der Waals surface area contributed by atoms with Crippen LogP contribution in [0.25, 0.3) is 0 Å². The molecule has 0 heterocycles. The summed E-state index contributed by atoms with van der Waals surface area (Å²) in [5.41, 5.74) is 13.2. The molecular formula is C28H53N3O3. The highest BCUT2D eigenvalue weighted by molar-refractivity contribution is 5.17. The van der Waals surface area contributed by atoms with Gasteiger partial charge in [-0.1, -0.05) is 38.5 Å². The highest BCUT2D eigenvalue weighted by Gasteiger charge is 2.28. The summed E-state index contributed by atoms with van der Waals surface area (Å²) in [6.07, 6.45) is 17.2. The van der Waals surface area contributed by atoms with Gasteiger partial charge in [-0.2, -0.15) is 0 Å². The summed E-state index contributed by atoms with van der Waals surface area (Å²) < 4.78 is 0. The SMILES string of the molecule is NCCCCCCCC1=C(O)C[C@@H](CNC[C@@H]2CC(O)=C(CCCCCCCN)[C@H](O)C2)CC1. The van der Waals surface area contributed by atoms with Gasteiger partial charge in [-0.25, -0.2) is 0 Å². The summed E-state index contributed by atoms with van der Waals surface area (Å²) in [6.45, 7) is 3.25. The topological polar surface area (TPSA) is 125 Å². The van der Waals surface area contributed by atoms with Gasteiger partial charge in [0.05, 0.1) is 17.6 Å². The van der Waals surface area contributed by atoms with Crippen LogP contribution in [-0.2, 0) is 0 Å². The molecule has 0 aromatic carbocycles. The number of unbranched alkanes of at least 4 members (excludes halogenated alkanes) is 8. The van der Waals surface area contributed by atoms with E-state index in [1.807, 2.05) is 0 Å². The zero-order valence-corrected chi connectivity index (χ0v) is 21.6. The van der Waals surface area contributed by atoms with Gasteiger partial charge < -0.3 is 32.1 Å². The van der Waals surface area contributed by atoms with Gasteiger partial charge in [0.2, 0.25) is 0 Å². The van der Waals surface area contributed by atoms with Crippen LogP contribution in [0.4, 0.5) is 0 Å². The highest BCUT2D eigenvalue weighted by Crippen LogP contribution is 2.33. The molecule has 2 aliphatic rings. The predicted octanol–water partition coefficient (Wildman–Crippen LogP) is 5.37. The maximum Gasteiger partial charge on any atom is 0.0943 e. The van der Waals surface area contributed by atoms with E-state index < -0.39 is 6.10 Å². The number of rotatable bonds is 18. The summed E-state index contributed by atoms with van der Waals surface area (Å²) in [7, 11) is 0. The average Bonchev–Trinajstić information content (AvgIpc) is 2.81. The fourth-order valence-corrected chi connectivity index (χ4v) is 5.59. The number of allylic oxidation sites excluding steroid dienone is 3. The molecule has 34 heavy (non-hydrogen) atoms. The van der Waals surface area contributed by atoms with Gasteiger partial charge in [0.15, 0.2) is 0 Å². The molecule has 0 bridgehead atoms. The minimum Gasteiger partial charge on any atom is -0.512 e. The van der Waals surface area contributed by atoms with Crippen molar-refractivity contribution in [2.24, 2.45) is 23.3 Å². The normalized spacial score (nSPS) is 23.7. The Morgan fingerprint density at radius 1 is 0.706 bits per heavy atom. The van der Waals surface area contributed by atoms with E-state index in [-0.39, 0.29) is 5.92 Å². The Bertz CT molecular complexity index is 620. The van der Waals surface area contributed by atoms with Gasteiger partial charge >= 0.3 is 0 Å². The van der Waals surface area contributed by atoms with Crippen LogP contribution in [0.5, 0.6) is 0 Å².